The largest absolute Gasteiger partial charge is 0.494 e. The molecule has 0 radical (unpaired) electrons. The Morgan fingerprint density at radius 2 is 2.21 bits per heavy atom. The highest BCUT2D eigenvalue weighted by Gasteiger charge is 2.09. The number of nitrogens with two attached hydrogens (primary N) is 1. The van der Waals surface area contributed by atoms with Crippen molar-refractivity contribution in [2.24, 2.45) is 5.73 Å². The van der Waals surface area contributed by atoms with Crippen LogP contribution in [0.1, 0.15) is 36.8 Å². The zero-order valence-corrected chi connectivity index (χ0v) is 11.8. The summed E-state index contributed by atoms with van der Waals surface area (Å²) in [6.45, 7) is 7.39. The zero-order chi connectivity index (χ0) is 13.8. The van der Waals surface area contributed by atoms with E-state index in [2.05, 4.69) is 15.6 Å². The third-order valence-electron chi connectivity index (χ3n) is 3.17. The minimum absolute atomic E-state index is 0.0262. The van der Waals surface area contributed by atoms with E-state index in [9.17, 15) is 0 Å². The van der Waals surface area contributed by atoms with Gasteiger partial charge in [0.15, 0.2) is 0 Å². The molecule has 0 bridgehead atoms. The number of hydrogen-bond donors (Lipinski definition) is 1. The zero-order valence-electron chi connectivity index (χ0n) is 11.8. The van der Waals surface area contributed by atoms with Crippen LogP contribution in [0, 0.1) is 6.92 Å². The van der Waals surface area contributed by atoms with Crippen LogP contribution in [0.25, 0.3) is 0 Å². The number of ether oxygens (including phenoxy) is 1. The molecular weight excluding hydrogens is 238 g/mol. The highest BCUT2D eigenvalue weighted by molar-refractivity contribution is 5.38. The average Bonchev–Trinajstić information content (AvgIpc) is 2.77. The summed E-state index contributed by atoms with van der Waals surface area (Å²) >= 11 is 0. The van der Waals surface area contributed by atoms with Crippen molar-refractivity contribution in [2.45, 2.75) is 33.4 Å². The van der Waals surface area contributed by atoms with Crippen LogP contribution in [-0.2, 0) is 6.54 Å². The van der Waals surface area contributed by atoms with Crippen LogP contribution in [0.5, 0.6) is 5.75 Å². The van der Waals surface area contributed by atoms with Gasteiger partial charge in [0.25, 0.3) is 0 Å². The molecule has 0 aliphatic heterocycles. The molecule has 0 spiro atoms. The Labute approximate surface area is 114 Å². The molecule has 2 aromatic rings. The van der Waals surface area contributed by atoms with E-state index in [1.54, 1.807) is 0 Å². The highest BCUT2D eigenvalue weighted by Crippen LogP contribution is 2.24. The van der Waals surface area contributed by atoms with Gasteiger partial charge in [-0.2, -0.15) is 0 Å². The molecule has 4 heteroatoms. The van der Waals surface area contributed by atoms with Crippen molar-refractivity contribution in [3.8, 4) is 5.75 Å². The molecule has 0 saturated carbocycles. The Balaban J connectivity index is 2.34. The molecule has 2 rings (SSSR count). The number of nitrogens with zero attached hydrogens (tertiary/aromatic N) is 2. The maximum Gasteiger partial charge on any atom is 0.124 e. The molecule has 1 heterocycles. The molecule has 0 aliphatic carbocycles. The van der Waals surface area contributed by atoms with E-state index in [1.807, 2.05) is 45.3 Å². The Morgan fingerprint density at radius 3 is 2.79 bits per heavy atom. The van der Waals surface area contributed by atoms with Crippen LogP contribution in [0.4, 0.5) is 0 Å². The van der Waals surface area contributed by atoms with Crippen molar-refractivity contribution in [1.29, 1.82) is 0 Å². The SMILES string of the molecule is CCOc1ccc(C(C)N)cc1Cn1ccnc1C. The molecule has 4 nitrogen and oxygen atoms in total. The first-order valence-corrected chi connectivity index (χ1v) is 6.60. The summed E-state index contributed by atoms with van der Waals surface area (Å²) in [5, 5.41) is 0. The molecule has 0 amide bonds. The Kier molecular flexibility index (Phi) is 4.22. The van der Waals surface area contributed by atoms with Crippen LogP contribution in [0.2, 0.25) is 0 Å². The first kappa shape index (κ1) is 13.6. The van der Waals surface area contributed by atoms with Crippen molar-refractivity contribution >= 4 is 0 Å². The molecular formula is C15H21N3O. The molecule has 0 fully saturated rings. The Bertz CT molecular complexity index is 546. The second-order valence-electron chi connectivity index (χ2n) is 4.69. The van der Waals surface area contributed by atoms with Crippen molar-refractivity contribution < 1.29 is 4.74 Å². The van der Waals surface area contributed by atoms with Crippen LogP contribution >= 0.6 is 0 Å². The molecule has 1 unspecified atom stereocenters. The smallest absolute Gasteiger partial charge is 0.124 e. The van der Waals surface area contributed by atoms with E-state index < -0.39 is 0 Å². The van der Waals surface area contributed by atoms with Crippen molar-refractivity contribution in [1.82, 2.24) is 9.55 Å². The van der Waals surface area contributed by atoms with E-state index >= 15 is 0 Å². The first-order chi connectivity index (χ1) is 9.11. The second kappa shape index (κ2) is 5.89. The van der Waals surface area contributed by atoms with Gasteiger partial charge in [-0.1, -0.05) is 6.07 Å². The molecule has 2 N–H and O–H groups in total. The highest BCUT2D eigenvalue weighted by atomic mass is 16.5. The van der Waals surface area contributed by atoms with Crippen LogP contribution in [0.15, 0.2) is 30.6 Å². The normalized spacial score (nSPS) is 12.4. The number of benzene rings is 1. The summed E-state index contributed by atoms with van der Waals surface area (Å²) < 4.78 is 7.79. The minimum atomic E-state index is 0.0262. The fourth-order valence-corrected chi connectivity index (χ4v) is 2.06. The summed E-state index contributed by atoms with van der Waals surface area (Å²) in [6.07, 6.45) is 3.79. The average molecular weight is 259 g/mol. The monoisotopic (exact) mass is 259 g/mol. The van der Waals surface area contributed by atoms with Gasteiger partial charge in [-0.15, -0.1) is 0 Å². The molecule has 1 aromatic carbocycles. The van der Waals surface area contributed by atoms with Crippen molar-refractivity contribution in [2.75, 3.05) is 6.61 Å². The lowest BCUT2D eigenvalue weighted by molar-refractivity contribution is 0.335. The number of imidazole rings is 1. The summed E-state index contributed by atoms with van der Waals surface area (Å²) in [7, 11) is 0. The Hall–Kier alpha value is -1.81. The minimum Gasteiger partial charge on any atom is -0.494 e. The van der Waals surface area contributed by atoms with Gasteiger partial charge < -0.3 is 15.0 Å². The van der Waals surface area contributed by atoms with E-state index in [1.165, 1.54) is 0 Å². The van der Waals surface area contributed by atoms with Gasteiger partial charge in [-0.3, -0.25) is 0 Å². The maximum atomic E-state index is 5.95. The van der Waals surface area contributed by atoms with Crippen LogP contribution in [0.3, 0.4) is 0 Å². The van der Waals surface area contributed by atoms with Gasteiger partial charge in [0, 0.05) is 24.0 Å². The molecule has 102 valence electrons. The number of rotatable bonds is 5. The predicted molar refractivity (Wildman–Crippen MR) is 76.3 cm³/mol. The van der Waals surface area contributed by atoms with E-state index in [-0.39, 0.29) is 6.04 Å². The van der Waals surface area contributed by atoms with Gasteiger partial charge in [0.1, 0.15) is 11.6 Å². The van der Waals surface area contributed by atoms with Crippen LogP contribution < -0.4 is 10.5 Å². The first-order valence-electron chi connectivity index (χ1n) is 6.60. The van der Waals surface area contributed by atoms with Crippen LogP contribution in [-0.4, -0.2) is 16.2 Å². The molecule has 1 aromatic heterocycles. The predicted octanol–water partition coefficient (Wildman–Crippen LogP) is 2.66. The van der Waals surface area contributed by atoms with Gasteiger partial charge in [0.2, 0.25) is 0 Å². The lowest BCUT2D eigenvalue weighted by Crippen LogP contribution is -2.08. The summed E-state index contributed by atoms with van der Waals surface area (Å²) in [5.74, 6) is 1.91. The topological polar surface area (TPSA) is 53.1 Å². The lowest BCUT2D eigenvalue weighted by Gasteiger charge is -2.15. The summed E-state index contributed by atoms with van der Waals surface area (Å²) in [6, 6.07) is 6.18. The number of aryl methyl sites for hydroxylation is 1. The fraction of sp³-hybridized carbons (Fsp3) is 0.400. The van der Waals surface area contributed by atoms with Gasteiger partial charge in [0.05, 0.1) is 13.2 Å². The van der Waals surface area contributed by atoms with Crippen molar-refractivity contribution in [3.05, 3.63) is 47.5 Å². The van der Waals surface area contributed by atoms with E-state index in [0.717, 1.165) is 29.2 Å². The molecule has 0 aliphatic rings. The van der Waals surface area contributed by atoms with E-state index in [0.29, 0.717) is 6.61 Å². The maximum absolute atomic E-state index is 5.95. The second-order valence-corrected chi connectivity index (χ2v) is 4.69. The number of hydrogen-bond acceptors (Lipinski definition) is 3. The molecule has 19 heavy (non-hydrogen) atoms. The molecule has 1 atom stereocenters. The molecule has 0 saturated heterocycles. The standard InChI is InChI=1S/C15H21N3O/c1-4-19-15-6-5-13(11(2)16)9-14(15)10-18-8-7-17-12(18)3/h5-9,11H,4,10,16H2,1-3H3. The fourth-order valence-electron chi connectivity index (χ4n) is 2.06. The number of aromatic nitrogens is 2. The lowest BCUT2D eigenvalue weighted by atomic mass is 10.0. The third kappa shape index (κ3) is 3.15. The summed E-state index contributed by atoms with van der Waals surface area (Å²) in [5.41, 5.74) is 8.21. The van der Waals surface area contributed by atoms with Crippen molar-refractivity contribution in [3.63, 3.8) is 0 Å². The quantitative estimate of drug-likeness (QED) is 0.898. The summed E-state index contributed by atoms with van der Waals surface area (Å²) in [4.78, 5) is 4.24. The third-order valence-corrected chi connectivity index (χ3v) is 3.17. The van der Waals surface area contributed by atoms with Gasteiger partial charge in [-0.25, -0.2) is 4.98 Å². The van der Waals surface area contributed by atoms with Gasteiger partial charge in [-0.05, 0) is 38.5 Å². The Morgan fingerprint density at radius 1 is 1.42 bits per heavy atom. The van der Waals surface area contributed by atoms with Gasteiger partial charge >= 0.3 is 0 Å². The van der Waals surface area contributed by atoms with E-state index in [4.69, 9.17) is 10.5 Å².